The fourth-order valence-corrected chi connectivity index (χ4v) is 5.37. The van der Waals surface area contributed by atoms with Crippen LogP contribution in [0.4, 0.5) is 0 Å². The fourth-order valence-electron chi connectivity index (χ4n) is 5.37. The minimum Gasteiger partial charge on any atom is -0.464 e. The first kappa shape index (κ1) is 19.2. The van der Waals surface area contributed by atoms with Gasteiger partial charge in [0, 0.05) is 16.5 Å². The zero-order valence-corrected chi connectivity index (χ0v) is 19.0. The van der Waals surface area contributed by atoms with Gasteiger partial charge in [-0.2, -0.15) is 0 Å². The van der Waals surface area contributed by atoms with Crippen molar-refractivity contribution in [1.29, 1.82) is 0 Å². The Hall–Kier alpha value is -4.24. The number of para-hydroxylation sites is 1. The maximum atomic E-state index is 6.59. The van der Waals surface area contributed by atoms with Gasteiger partial charge in [0.1, 0.15) is 5.76 Å². The number of hydrogen-bond acceptors (Lipinski definition) is 3. The lowest BCUT2D eigenvalue weighted by Crippen LogP contribution is -2.15. The highest BCUT2D eigenvalue weighted by Crippen LogP contribution is 2.56. The normalized spacial score (nSPS) is 14.3. The van der Waals surface area contributed by atoms with Crippen LogP contribution in [0.3, 0.4) is 0 Å². The van der Waals surface area contributed by atoms with Crippen LogP contribution in [0.2, 0.25) is 0 Å². The van der Waals surface area contributed by atoms with Crippen molar-refractivity contribution in [3.8, 4) is 56.6 Å². The molecular formula is C31H22O3. The molecule has 0 saturated heterocycles. The molecule has 0 fully saturated rings. The van der Waals surface area contributed by atoms with Crippen molar-refractivity contribution in [2.24, 2.45) is 0 Å². The molecule has 0 bridgehead atoms. The summed E-state index contributed by atoms with van der Waals surface area (Å²) < 4.78 is 18.7. The predicted octanol–water partition coefficient (Wildman–Crippen LogP) is 8.82. The SMILES string of the molecule is CC1(C)c2ccccc2-c2cc3c(cc21)Oc1cccc(-c2ccccc2-c2ccco2)c1O3. The van der Waals surface area contributed by atoms with Gasteiger partial charge in [0.25, 0.3) is 0 Å². The van der Waals surface area contributed by atoms with Gasteiger partial charge in [0.05, 0.1) is 6.26 Å². The highest BCUT2D eigenvalue weighted by Gasteiger charge is 2.37. The number of fused-ring (bicyclic) bond motifs is 5. The summed E-state index contributed by atoms with van der Waals surface area (Å²) in [7, 11) is 0. The Morgan fingerprint density at radius 1 is 0.529 bits per heavy atom. The number of rotatable bonds is 2. The first-order valence-corrected chi connectivity index (χ1v) is 11.5. The van der Waals surface area contributed by atoms with Crippen LogP contribution in [0.1, 0.15) is 25.0 Å². The van der Waals surface area contributed by atoms with Crippen LogP contribution >= 0.6 is 0 Å². The first-order chi connectivity index (χ1) is 16.6. The second-order valence-corrected chi connectivity index (χ2v) is 9.37. The van der Waals surface area contributed by atoms with E-state index in [1.165, 1.54) is 22.3 Å². The molecule has 2 aliphatic rings. The number of benzene rings is 4. The molecule has 4 aromatic carbocycles. The Labute approximate surface area is 198 Å². The van der Waals surface area contributed by atoms with Gasteiger partial charge in [-0.1, -0.05) is 74.5 Å². The van der Waals surface area contributed by atoms with E-state index in [0.29, 0.717) is 5.75 Å². The van der Waals surface area contributed by atoms with Gasteiger partial charge >= 0.3 is 0 Å². The zero-order valence-electron chi connectivity index (χ0n) is 19.0. The highest BCUT2D eigenvalue weighted by atomic mass is 16.6. The molecular weight excluding hydrogens is 420 g/mol. The van der Waals surface area contributed by atoms with Gasteiger partial charge < -0.3 is 13.9 Å². The summed E-state index contributed by atoms with van der Waals surface area (Å²) in [5.74, 6) is 3.75. The first-order valence-electron chi connectivity index (χ1n) is 11.5. The summed E-state index contributed by atoms with van der Waals surface area (Å²) in [5.41, 5.74) is 7.99. The third-order valence-corrected chi connectivity index (χ3v) is 7.06. The summed E-state index contributed by atoms with van der Waals surface area (Å²) in [4.78, 5) is 0. The van der Waals surface area contributed by atoms with Crippen LogP contribution in [0, 0.1) is 0 Å². The van der Waals surface area contributed by atoms with Crippen molar-refractivity contribution in [2.75, 3.05) is 0 Å². The minimum atomic E-state index is -0.0889. The van der Waals surface area contributed by atoms with Crippen molar-refractivity contribution in [1.82, 2.24) is 0 Å². The molecule has 1 aliphatic carbocycles. The third-order valence-electron chi connectivity index (χ3n) is 7.06. The van der Waals surface area contributed by atoms with Crippen LogP contribution < -0.4 is 9.47 Å². The quantitative estimate of drug-likeness (QED) is 0.268. The average Bonchev–Trinajstić information content (AvgIpc) is 3.47. The Kier molecular flexibility index (Phi) is 3.89. The molecule has 0 radical (unpaired) electrons. The van der Waals surface area contributed by atoms with Crippen LogP contribution in [0.5, 0.6) is 23.0 Å². The maximum Gasteiger partial charge on any atom is 0.177 e. The lowest BCUT2D eigenvalue weighted by Gasteiger charge is -2.26. The van der Waals surface area contributed by atoms with E-state index in [-0.39, 0.29) is 5.41 Å². The van der Waals surface area contributed by atoms with Crippen molar-refractivity contribution in [2.45, 2.75) is 19.3 Å². The highest BCUT2D eigenvalue weighted by molar-refractivity contribution is 5.87. The second-order valence-electron chi connectivity index (χ2n) is 9.37. The lowest BCUT2D eigenvalue weighted by atomic mass is 9.82. The van der Waals surface area contributed by atoms with E-state index < -0.39 is 0 Å². The lowest BCUT2D eigenvalue weighted by molar-refractivity contribution is 0.360. The molecule has 5 aromatic rings. The Bertz CT molecular complexity index is 1570. The van der Waals surface area contributed by atoms with E-state index in [2.05, 4.69) is 68.4 Å². The van der Waals surface area contributed by atoms with Crippen LogP contribution in [0.15, 0.2) is 102 Å². The van der Waals surface area contributed by atoms with Crippen molar-refractivity contribution >= 4 is 0 Å². The molecule has 0 spiro atoms. The predicted molar refractivity (Wildman–Crippen MR) is 134 cm³/mol. The Morgan fingerprint density at radius 3 is 2.09 bits per heavy atom. The van der Waals surface area contributed by atoms with Gasteiger partial charge in [-0.05, 0) is 58.1 Å². The van der Waals surface area contributed by atoms with E-state index in [0.717, 1.165) is 39.7 Å². The molecule has 1 aromatic heterocycles. The van der Waals surface area contributed by atoms with E-state index in [9.17, 15) is 0 Å². The van der Waals surface area contributed by atoms with Gasteiger partial charge in [-0.3, -0.25) is 0 Å². The molecule has 2 heterocycles. The van der Waals surface area contributed by atoms with E-state index in [1.807, 2.05) is 36.4 Å². The van der Waals surface area contributed by atoms with E-state index in [4.69, 9.17) is 13.9 Å². The van der Waals surface area contributed by atoms with Gasteiger partial charge in [-0.25, -0.2) is 0 Å². The van der Waals surface area contributed by atoms with Crippen LogP contribution in [-0.4, -0.2) is 0 Å². The third kappa shape index (κ3) is 2.64. The summed E-state index contributed by atoms with van der Waals surface area (Å²) in [6.45, 7) is 4.54. The molecule has 7 rings (SSSR count). The smallest absolute Gasteiger partial charge is 0.177 e. The standard InChI is InChI=1S/C31H22O3/c1-31(2)24-13-6-5-10-20(24)23-17-28-29(18-25(23)31)33-27-14-7-12-22(30(27)34-28)19-9-3-4-11-21(19)26-15-8-16-32-26/h3-18H,1-2H3. The largest absolute Gasteiger partial charge is 0.464 e. The second kappa shape index (κ2) is 6.88. The van der Waals surface area contributed by atoms with Crippen molar-refractivity contribution < 1.29 is 13.9 Å². The molecule has 0 N–H and O–H groups in total. The molecule has 3 heteroatoms. The summed E-state index contributed by atoms with van der Waals surface area (Å²) in [5, 5.41) is 0. The molecule has 164 valence electrons. The van der Waals surface area contributed by atoms with Crippen molar-refractivity contribution in [3.05, 3.63) is 108 Å². The van der Waals surface area contributed by atoms with Gasteiger partial charge in [0.15, 0.2) is 23.0 Å². The van der Waals surface area contributed by atoms with E-state index in [1.54, 1.807) is 6.26 Å². The number of ether oxygens (including phenoxy) is 2. The molecule has 1 aliphatic heterocycles. The molecule has 0 unspecified atom stereocenters. The summed E-state index contributed by atoms with van der Waals surface area (Å²) >= 11 is 0. The Balaban J connectivity index is 1.38. The van der Waals surface area contributed by atoms with Crippen LogP contribution in [-0.2, 0) is 5.41 Å². The monoisotopic (exact) mass is 442 g/mol. The fraction of sp³-hybridized carbons (Fsp3) is 0.0968. The van der Waals surface area contributed by atoms with Gasteiger partial charge in [0.2, 0.25) is 0 Å². The zero-order chi connectivity index (χ0) is 22.9. The molecule has 0 saturated carbocycles. The van der Waals surface area contributed by atoms with E-state index >= 15 is 0 Å². The summed E-state index contributed by atoms with van der Waals surface area (Å²) in [6.07, 6.45) is 1.70. The Morgan fingerprint density at radius 2 is 1.26 bits per heavy atom. The molecule has 0 amide bonds. The van der Waals surface area contributed by atoms with Crippen molar-refractivity contribution in [3.63, 3.8) is 0 Å². The number of hydrogen-bond donors (Lipinski definition) is 0. The van der Waals surface area contributed by atoms with Gasteiger partial charge in [-0.15, -0.1) is 0 Å². The van der Waals surface area contributed by atoms with Crippen LogP contribution in [0.25, 0.3) is 33.6 Å². The molecule has 3 nitrogen and oxygen atoms in total. The topological polar surface area (TPSA) is 31.6 Å². The summed E-state index contributed by atoms with van der Waals surface area (Å²) in [6, 6.07) is 31.0. The molecule has 0 atom stereocenters. The minimum absolute atomic E-state index is 0.0889. The molecule has 34 heavy (non-hydrogen) atoms. The number of furan rings is 1. The average molecular weight is 443 g/mol. The maximum absolute atomic E-state index is 6.59.